The van der Waals surface area contributed by atoms with Crippen molar-refractivity contribution in [2.75, 3.05) is 26.2 Å². The summed E-state index contributed by atoms with van der Waals surface area (Å²) >= 11 is 0. The second-order valence-corrected chi connectivity index (χ2v) is 6.99. The highest BCUT2D eigenvalue weighted by Crippen LogP contribution is 2.29. The number of hydrogen-bond acceptors (Lipinski definition) is 4. The molecule has 2 heterocycles. The van der Waals surface area contributed by atoms with Crippen molar-refractivity contribution >= 4 is 0 Å². The van der Waals surface area contributed by atoms with Crippen LogP contribution < -0.4 is 10.1 Å². The molecule has 0 radical (unpaired) electrons. The Balaban J connectivity index is 1.41. The van der Waals surface area contributed by atoms with Gasteiger partial charge in [-0.15, -0.1) is 0 Å². The molecule has 2 aromatic rings. The van der Waals surface area contributed by atoms with E-state index in [0.717, 1.165) is 50.3 Å². The van der Waals surface area contributed by atoms with Crippen molar-refractivity contribution in [3.8, 4) is 5.75 Å². The molecule has 1 aromatic heterocycles. The van der Waals surface area contributed by atoms with E-state index in [1.807, 2.05) is 12.4 Å². The number of rotatable bonds is 6. The molecule has 1 atom stereocenters. The highest BCUT2D eigenvalue weighted by atomic mass is 16.5. The predicted molar refractivity (Wildman–Crippen MR) is 93.9 cm³/mol. The minimum absolute atomic E-state index is 0.324. The maximum absolute atomic E-state index is 5.83. The van der Waals surface area contributed by atoms with Crippen LogP contribution >= 0.6 is 0 Å². The van der Waals surface area contributed by atoms with E-state index in [1.54, 1.807) is 0 Å². The Morgan fingerprint density at radius 1 is 1.25 bits per heavy atom. The van der Waals surface area contributed by atoms with Gasteiger partial charge in [-0.2, -0.15) is 0 Å². The van der Waals surface area contributed by atoms with Gasteiger partial charge in [-0.25, -0.2) is 4.98 Å². The van der Waals surface area contributed by atoms with Gasteiger partial charge in [-0.1, -0.05) is 12.1 Å². The van der Waals surface area contributed by atoms with Gasteiger partial charge < -0.3 is 14.6 Å². The normalized spacial score (nSPS) is 21.8. The standard InChI is InChI=1S/C19H26N4O/c1-22-10-9-21-19(22)18-12-20-8-11-23(18)13-15-4-6-17(7-5-15)24-14-16-2-3-16/h4-7,9-10,16,18,20H,2-3,8,11-14H2,1H3. The number of hydrogen-bond donors (Lipinski definition) is 1. The maximum atomic E-state index is 5.83. The molecule has 1 N–H and O–H groups in total. The van der Waals surface area contributed by atoms with E-state index in [9.17, 15) is 0 Å². The molecule has 2 fully saturated rings. The first-order valence-electron chi connectivity index (χ1n) is 8.93. The lowest BCUT2D eigenvalue weighted by Crippen LogP contribution is -2.46. The van der Waals surface area contributed by atoms with Crippen molar-refractivity contribution in [3.63, 3.8) is 0 Å². The summed E-state index contributed by atoms with van der Waals surface area (Å²) in [5.74, 6) is 2.92. The number of imidazole rings is 1. The second kappa shape index (κ2) is 6.95. The third-order valence-corrected chi connectivity index (χ3v) is 5.00. The van der Waals surface area contributed by atoms with Crippen molar-refractivity contribution in [1.29, 1.82) is 0 Å². The van der Waals surface area contributed by atoms with Crippen LogP contribution in [0.5, 0.6) is 5.75 Å². The minimum atomic E-state index is 0.324. The Hall–Kier alpha value is -1.85. The van der Waals surface area contributed by atoms with Crippen LogP contribution in [0.25, 0.3) is 0 Å². The molecule has 0 bridgehead atoms. The van der Waals surface area contributed by atoms with Crippen LogP contribution in [-0.4, -0.2) is 40.7 Å². The zero-order valence-corrected chi connectivity index (χ0v) is 14.3. The van der Waals surface area contributed by atoms with E-state index < -0.39 is 0 Å². The lowest BCUT2D eigenvalue weighted by molar-refractivity contribution is 0.144. The zero-order chi connectivity index (χ0) is 16.4. The van der Waals surface area contributed by atoms with Gasteiger partial charge in [0.2, 0.25) is 0 Å². The molecular weight excluding hydrogens is 300 g/mol. The molecule has 128 valence electrons. The van der Waals surface area contributed by atoms with Gasteiger partial charge >= 0.3 is 0 Å². The van der Waals surface area contributed by atoms with Crippen LogP contribution in [0, 0.1) is 5.92 Å². The van der Waals surface area contributed by atoms with E-state index >= 15 is 0 Å². The first-order chi connectivity index (χ1) is 11.8. The van der Waals surface area contributed by atoms with Crippen LogP contribution in [0.3, 0.4) is 0 Å². The molecule has 4 rings (SSSR count). The van der Waals surface area contributed by atoms with Gasteiger partial charge in [0, 0.05) is 45.6 Å². The number of aryl methyl sites for hydroxylation is 1. The van der Waals surface area contributed by atoms with Crippen molar-refractivity contribution in [2.45, 2.75) is 25.4 Å². The van der Waals surface area contributed by atoms with Gasteiger partial charge in [0.25, 0.3) is 0 Å². The molecule has 24 heavy (non-hydrogen) atoms. The molecule has 5 heteroatoms. The molecule has 1 saturated carbocycles. The number of piperazine rings is 1. The average molecular weight is 326 g/mol. The van der Waals surface area contributed by atoms with Crippen LogP contribution in [0.2, 0.25) is 0 Å². The Kier molecular flexibility index (Phi) is 4.54. The lowest BCUT2D eigenvalue weighted by atomic mass is 10.1. The van der Waals surface area contributed by atoms with Gasteiger partial charge in [0.15, 0.2) is 0 Å². The number of nitrogens with zero attached hydrogens (tertiary/aromatic N) is 3. The van der Waals surface area contributed by atoms with Crippen molar-refractivity contribution in [2.24, 2.45) is 13.0 Å². The molecule has 5 nitrogen and oxygen atoms in total. The summed E-state index contributed by atoms with van der Waals surface area (Å²) in [4.78, 5) is 7.07. The fourth-order valence-electron chi connectivity index (χ4n) is 3.31. The molecule has 2 aliphatic rings. The van der Waals surface area contributed by atoms with Crippen LogP contribution in [0.15, 0.2) is 36.7 Å². The molecule has 1 aliphatic carbocycles. The van der Waals surface area contributed by atoms with Crippen molar-refractivity contribution in [1.82, 2.24) is 19.8 Å². The largest absolute Gasteiger partial charge is 0.493 e. The first-order valence-corrected chi connectivity index (χ1v) is 8.93. The lowest BCUT2D eigenvalue weighted by Gasteiger charge is -2.35. The molecule has 1 aliphatic heterocycles. The summed E-state index contributed by atoms with van der Waals surface area (Å²) in [6.45, 7) is 4.84. The maximum Gasteiger partial charge on any atom is 0.127 e. The summed E-state index contributed by atoms with van der Waals surface area (Å²) in [6.07, 6.45) is 6.56. The fraction of sp³-hybridized carbons (Fsp3) is 0.526. The highest BCUT2D eigenvalue weighted by molar-refractivity contribution is 5.27. The number of nitrogens with one attached hydrogen (secondary N) is 1. The number of ether oxygens (including phenoxy) is 1. The number of benzene rings is 1. The Morgan fingerprint density at radius 3 is 2.79 bits per heavy atom. The molecule has 1 unspecified atom stereocenters. The first kappa shape index (κ1) is 15.7. The van der Waals surface area contributed by atoms with Gasteiger partial charge in [0.05, 0.1) is 12.6 Å². The van der Waals surface area contributed by atoms with E-state index in [2.05, 4.69) is 51.1 Å². The molecule has 0 amide bonds. The van der Waals surface area contributed by atoms with E-state index in [1.165, 1.54) is 18.4 Å². The van der Waals surface area contributed by atoms with Gasteiger partial charge in [0.1, 0.15) is 11.6 Å². The summed E-state index contributed by atoms with van der Waals surface area (Å²) in [5, 5.41) is 3.49. The van der Waals surface area contributed by atoms with E-state index in [-0.39, 0.29) is 0 Å². The fourth-order valence-corrected chi connectivity index (χ4v) is 3.31. The minimum Gasteiger partial charge on any atom is -0.493 e. The summed E-state index contributed by atoms with van der Waals surface area (Å²) in [6, 6.07) is 8.93. The quantitative estimate of drug-likeness (QED) is 0.885. The molecule has 1 saturated heterocycles. The predicted octanol–water partition coefficient (Wildman–Crippen LogP) is 2.36. The van der Waals surface area contributed by atoms with E-state index in [4.69, 9.17) is 4.74 Å². The molecule has 0 spiro atoms. The molecular formula is C19H26N4O. The van der Waals surface area contributed by atoms with Gasteiger partial charge in [-0.3, -0.25) is 4.90 Å². The topological polar surface area (TPSA) is 42.3 Å². The smallest absolute Gasteiger partial charge is 0.127 e. The average Bonchev–Trinajstić information content (AvgIpc) is 3.35. The monoisotopic (exact) mass is 326 g/mol. The summed E-state index contributed by atoms with van der Waals surface area (Å²) in [5.41, 5.74) is 1.33. The Labute approximate surface area is 143 Å². The van der Waals surface area contributed by atoms with Crippen molar-refractivity contribution in [3.05, 3.63) is 48.0 Å². The van der Waals surface area contributed by atoms with Crippen LogP contribution in [-0.2, 0) is 13.6 Å². The second-order valence-electron chi connectivity index (χ2n) is 6.99. The third kappa shape index (κ3) is 3.62. The number of aromatic nitrogens is 2. The zero-order valence-electron chi connectivity index (χ0n) is 14.3. The molecule has 1 aromatic carbocycles. The van der Waals surface area contributed by atoms with Crippen molar-refractivity contribution < 1.29 is 4.74 Å². The third-order valence-electron chi connectivity index (χ3n) is 5.00. The van der Waals surface area contributed by atoms with Gasteiger partial charge in [-0.05, 0) is 36.5 Å². The SMILES string of the molecule is Cn1ccnc1C1CNCCN1Cc1ccc(OCC2CC2)cc1. The Bertz CT molecular complexity index is 662. The highest BCUT2D eigenvalue weighted by Gasteiger charge is 2.26. The van der Waals surface area contributed by atoms with E-state index in [0.29, 0.717) is 6.04 Å². The summed E-state index contributed by atoms with van der Waals surface area (Å²) in [7, 11) is 2.07. The summed E-state index contributed by atoms with van der Waals surface area (Å²) < 4.78 is 7.96. The Morgan fingerprint density at radius 2 is 2.08 bits per heavy atom. The van der Waals surface area contributed by atoms with Crippen LogP contribution in [0.4, 0.5) is 0 Å². The van der Waals surface area contributed by atoms with Crippen LogP contribution in [0.1, 0.15) is 30.3 Å².